The summed E-state index contributed by atoms with van der Waals surface area (Å²) in [5.41, 5.74) is 10.9. The highest BCUT2D eigenvalue weighted by Crippen LogP contribution is 2.42. The predicted molar refractivity (Wildman–Crippen MR) is 388 cm³/mol. The Bertz CT molecular complexity index is 5260. The van der Waals surface area contributed by atoms with Crippen molar-refractivity contribution in [3.8, 4) is 11.4 Å². The van der Waals surface area contributed by atoms with E-state index in [-0.39, 0.29) is 0 Å². The van der Waals surface area contributed by atoms with E-state index in [1.807, 2.05) is 0 Å². The fourth-order valence-corrected chi connectivity index (χ4v) is 31.7. The largest absolute Gasteiger partial charge is 0.311 e. The quantitative estimate of drug-likeness (QED) is 0.0982. The summed E-state index contributed by atoms with van der Waals surface area (Å²) in [6.07, 6.45) is 0. The summed E-state index contributed by atoms with van der Waals surface area (Å²) in [6, 6.07) is 137. The van der Waals surface area contributed by atoms with E-state index >= 15 is 0 Å². The third kappa shape index (κ3) is 7.32. The second-order valence-electron chi connectivity index (χ2n) is 24.2. The number of hydrogen-bond donors (Lipinski definition) is 0. The summed E-state index contributed by atoms with van der Waals surface area (Å²) in [5, 5.41) is 21.4. The molecule has 0 fully saturated rings. The monoisotopic (exact) mass is 1190 g/mol. The van der Waals surface area contributed by atoms with Crippen LogP contribution in [0.25, 0.3) is 55.0 Å². The van der Waals surface area contributed by atoms with E-state index in [0.717, 1.165) is 11.4 Å². The van der Waals surface area contributed by atoms with Gasteiger partial charge in [-0.3, -0.25) is 0 Å². The van der Waals surface area contributed by atoms with Gasteiger partial charge >= 0.3 is 0 Å². The van der Waals surface area contributed by atoms with Crippen molar-refractivity contribution in [1.82, 2.24) is 9.13 Å². The first-order valence-electron chi connectivity index (χ1n) is 31.3. The molecular formula is C84H59N3Si3. The van der Waals surface area contributed by atoms with E-state index in [0.29, 0.717) is 0 Å². The van der Waals surface area contributed by atoms with Crippen LogP contribution in [0, 0.1) is 0 Å². The van der Waals surface area contributed by atoms with Crippen molar-refractivity contribution >= 4 is 147 Å². The van der Waals surface area contributed by atoms with Crippen LogP contribution in [0.1, 0.15) is 0 Å². The molecule has 0 amide bonds. The number of rotatable bonds is 10. The Kier molecular flexibility index (Phi) is 12.0. The topological polar surface area (TPSA) is 13.1 Å². The van der Waals surface area contributed by atoms with Gasteiger partial charge in [-0.1, -0.05) is 297 Å². The maximum absolute atomic E-state index is 3.49. The first kappa shape index (κ1) is 52.3. The Morgan fingerprint density at radius 3 is 1.01 bits per heavy atom. The number of aromatic nitrogens is 2. The van der Waals surface area contributed by atoms with Crippen LogP contribution >= 0.6 is 0 Å². The van der Waals surface area contributed by atoms with Gasteiger partial charge in [0.2, 0.25) is 0 Å². The minimum absolute atomic E-state index is 1.14. The van der Waals surface area contributed by atoms with E-state index < -0.39 is 24.2 Å². The van der Waals surface area contributed by atoms with Gasteiger partial charge < -0.3 is 14.0 Å². The second-order valence-corrected chi connectivity index (χ2v) is 35.5. The molecule has 90 heavy (non-hydrogen) atoms. The van der Waals surface area contributed by atoms with Gasteiger partial charge in [-0.05, 0) is 123 Å². The first-order valence-corrected chi connectivity index (χ1v) is 37.3. The highest BCUT2D eigenvalue weighted by Gasteiger charge is 2.56. The van der Waals surface area contributed by atoms with Crippen molar-refractivity contribution < 1.29 is 0 Å². The average Bonchev–Trinajstić information content (AvgIpc) is 0.803. The third-order valence-corrected chi connectivity index (χ3v) is 34.4. The average molecular weight is 1190 g/mol. The van der Waals surface area contributed by atoms with Crippen molar-refractivity contribution in [1.29, 1.82) is 0 Å². The fourth-order valence-electron chi connectivity index (χ4n) is 16.5. The van der Waals surface area contributed by atoms with E-state index in [9.17, 15) is 0 Å². The van der Waals surface area contributed by atoms with Crippen molar-refractivity contribution in [2.24, 2.45) is 0 Å². The molecule has 0 radical (unpaired) electrons. The van der Waals surface area contributed by atoms with Gasteiger partial charge in [0.25, 0.3) is 0 Å². The van der Waals surface area contributed by atoms with Crippen LogP contribution in [0.4, 0.5) is 17.1 Å². The normalized spacial score (nSPS) is 14.8. The van der Waals surface area contributed by atoms with Gasteiger partial charge in [0.05, 0.1) is 22.1 Å². The van der Waals surface area contributed by atoms with Gasteiger partial charge in [0, 0.05) is 50.0 Å². The zero-order valence-corrected chi connectivity index (χ0v) is 52.4. The lowest BCUT2D eigenvalue weighted by molar-refractivity contribution is 1.18. The lowest BCUT2D eigenvalue weighted by Crippen LogP contribution is -2.82. The number of hydrogen-bond acceptors (Lipinski definition) is 1. The summed E-state index contributed by atoms with van der Waals surface area (Å²) < 4.78 is 5.10. The van der Waals surface area contributed by atoms with Crippen LogP contribution in [-0.2, 0) is 0 Å². The minimum Gasteiger partial charge on any atom is -0.311 e. The Labute approximate surface area is 527 Å². The molecule has 14 aromatic carbocycles. The van der Waals surface area contributed by atoms with Crippen LogP contribution in [-0.4, -0.2) is 33.4 Å². The molecule has 4 heterocycles. The molecule has 0 spiro atoms. The highest BCUT2D eigenvalue weighted by atomic mass is 28.3. The fraction of sp³-hybridized carbons (Fsp3) is 0. The van der Waals surface area contributed by atoms with Gasteiger partial charge in [-0.25, -0.2) is 0 Å². The molecule has 0 N–H and O–H groups in total. The van der Waals surface area contributed by atoms with Gasteiger partial charge in [0.1, 0.15) is 0 Å². The molecular weight excluding hydrogens is 1140 g/mol. The molecule has 2 aromatic heterocycles. The van der Waals surface area contributed by atoms with Crippen molar-refractivity contribution in [3.63, 3.8) is 0 Å². The SMILES string of the molecule is c1ccc([Si](c2ccccc2)(c2ccccc2)c2ccc3c4ccccc4n(-c4cccc([Si]5(c6cccc(-n7c8ccccc8c8ccccc87)c6)c6ccccc6N6c7ccccc7[Si](c7ccccc7)(c7ccccc7)c7cccc5c76)c4)c3c2)cc1. The molecule has 3 nitrogen and oxygen atoms in total. The molecule has 6 heteroatoms. The number of anilines is 3. The summed E-state index contributed by atoms with van der Waals surface area (Å²) in [5.74, 6) is 0. The van der Waals surface area contributed by atoms with E-state index in [1.165, 1.54) is 123 Å². The van der Waals surface area contributed by atoms with Crippen LogP contribution < -0.4 is 67.1 Å². The lowest BCUT2D eigenvalue weighted by Gasteiger charge is -2.52. The van der Waals surface area contributed by atoms with E-state index in [2.05, 4.69) is 372 Å². The van der Waals surface area contributed by atoms with E-state index in [4.69, 9.17) is 0 Å². The summed E-state index contributed by atoms with van der Waals surface area (Å²) in [7, 11) is -9.49. The molecule has 0 saturated heterocycles. The Balaban J connectivity index is 0.962. The molecule has 16 aromatic rings. The number of benzene rings is 14. The van der Waals surface area contributed by atoms with Crippen molar-refractivity contribution in [3.05, 3.63) is 358 Å². The molecule has 1 unspecified atom stereocenters. The van der Waals surface area contributed by atoms with Crippen molar-refractivity contribution in [2.75, 3.05) is 4.90 Å². The smallest absolute Gasteiger partial charge is 0.184 e. The first-order chi connectivity index (χ1) is 44.7. The summed E-state index contributed by atoms with van der Waals surface area (Å²) in [6.45, 7) is 0. The van der Waals surface area contributed by atoms with Gasteiger partial charge in [0.15, 0.2) is 24.2 Å². The van der Waals surface area contributed by atoms with Crippen molar-refractivity contribution in [2.45, 2.75) is 0 Å². The zero-order chi connectivity index (χ0) is 59.4. The van der Waals surface area contributed by atoms with Crippen LogP contribution in [0.5, 0.6) is 0 Å². The van der Waals surface area contributed by atoms with E-state index in [1.54, 1.807) is 0 Å². The molecule has 0 bridgehead atoms. The lowest BCUT2D eigenvalue weighted by atomic mass is 10.1. The maximum atomic E-state index is 2.68. The number of fused-ring (bicyclic) bond motifs is 10. The van der Waals surface area contributed by atoms with Crippen LogP contribution in [0.15, 0.2) is 358 Å². The molecule has 0 aliphatic carbocycles. The van der Waals surface area contributed by atoms with Gasteiger partial charge in [-0.2, -0.15) is 0 Å². The molecule has 18 rings (SSSR count). The second kappa shape index (κ2) is 20.6. The van der Waals surface area contributed by atoms with Crippen LogP contribution in [0.3, 0.4) is 0 Å². The zero-order valence-electron chi connectivity index (χ0n) is 49.4. The Hall–Kier alpha value is -10.9. The van der Waals surface area contributed by atoms with Crippen LogP contribution in [0.2, 0.25) is 0 Å². The minimum atomic E-state index is -3.49. The Morgan fingerprint density at radius 1 is 0.222 bits per heavy atom. The summed E-state index contributed by atoms with van der Waals surface area (Å²) in [4.78, 5) is 2.68. The maximum Gasteiger partial charge on any atom is 0.184 e. The summed E-state index contributed by atoms with van der Waals surface area (Å²) >= 11 is 0. The Morgan fingerprint density at radius 2 is 0.556 bits per heavy atom. The third-order valence-electron chi connectivity index (χ3n) is 20.0. The number of nitrogens with zero attached hydrogens (tertiary/aromatic N) is 3. The highest BCUT2D eigenvalue weighted by molar-refractivity contribution is 7.25. The predicted octanol–water partition coefficient (Wildman–Crippen LogP) is 12.1. The molecule has 2 aliphatic rings. The standard InChI is InChI=1S/C84H59N3Si3/c1-6-31-62(32-7-1)88(63-33-8-2-9-34-63,64-35-10-3-11-36-64)69-55-56-73-72-45-18-21-48-76(72)86(79(73)59-69)61-30-27-42-68(58-61)90(67-41-26-29-60(57-67)85-74-46-19-16-43-70(74)71-44-17-20-47-75(71)85)81-52-25-23-50-78(81)87-77-49-22-24-51-80(77)89(65-37-12-4-13-38-65,66-39-14-5-15-40-66)82-53-28-54-83(90)84(82)87/h1-59H. The number of para-hydroxylation sites is 6. The molecule has 1 atom stereocenters. The molecule has 422 valence electrons. The molecule has 2 aliphatic heterocycles. The molecule has 0 saturated carbocycles. The van der Waals surface area contributed by atoms with Gasteiger partial charge in [-0.15, -0.1) is 0 Å².